The maximum Gasteiger partial charge on any atom is 2.00 e. The zero-order valence-electron chi connectivity index (χ0n) is 11.3. The van der Waals surface area contributed by atoms with Gasteiger partial charge in [0, 0.05) is 39.6 Å². The van der Waals surface area contributed by atoms with Gasteiger partial charge in [-0.2, -0.15) is 0 Å². The van der Waals surface area contributed by atoms with Gasteiger partial charge in [0.15, 0.2) is 0 Å². The molecule has 0 aromatic carbocycles. The monoisotopic (exact) mass is 373 g/mol. The third-order valence-electron chi connectivity index (χ3n) is 2.48. The Labute approximate surface area is 146 Å². The molecular formula is C12H24Cl3CrO3-. The second-order valence-corrected chi connectivity index (χ2v) is 3.96. The molecule has 3 aliphatic heterocycles. The molecule has 0 atom stereocenters. The summed E-state index contributed by atoms with van der Waals surface area (Å²) in [6.45, 7) is 6.00. The Bertz CT molecular complexity index is 86.8. The maximum atomic E-state index is 4.94. The Morgan fingerprint density at radius 2 is 0.526 bits per heavy atom. The minimum atomic E-state index is 0. The largest absolute Gasteiger partial charge is 2.00 e. The third-order valence-corrected chi connectivity index (χ3v) is 2.48. The Morgan fingerprint density at radius 1 is 0.368 bits per heavy atom. The van der Waals surface area contributed by atoms with Gasteiger partial charge in [-0.25, -0.2) is 0 Å². The van der Waals surface area contributed by atoms with Crippen LogP contribution in [0.4, 0.5) is 0 Å². The normalized spacial score (nSPS) is 18.9. The molecule has 0 saturated carbocycles. The molecular weight excluding hydrogens is 350 g/mol. The number of hydrogen-bond acceptors (Lipinski definition) is 3. The van der Waals surface area contributed by atoms with Crippen LogP contribution in [0.3, 0.4) is 0 Å². The summed E-state index contributed by atoms with van der Waals surface area (Å²) in [7, 11) is 0. The third kappa shape index (κ3) is 21.7. The molecule has 3 aliphatic rings. The molecule has 3 nitrogen and oxygen atoms in total. The second kappa shape index (κ2) is 24.3. The van der Waals surface area contributed by atoms with Crippen molar-refractivity contribution in [2.75, 3.05) is 39.6 Å². The van der Waals surface area contributed by atoms with Gasteiger partial charge < -0.3 is 51.4 Å². The molecule has 3 rings (SSSR count). The van der Waals surface area contributed by atoms with Crippen LogP contribution < -0.4 is 37.2 Å². The predicted molar refractivity (Wildman–Crippen MR) is 60.2 cm³/mol. The van der Waals surface area contributed by atoms with Crippen LogP contribution in [-0.4, -0.2) is 39.6 Å². The Morgan fingerprint density at radius 3 is 0.579 bits per heavy atom. The summed E-state index contributed by atoms with van der Waals surface area (Å²) in [6.07, 6.45) is 7.67. The molecule has 0 aromatic rings. The summed E-state index contributed by atoms with van der Waals surface area (Å²) in [5.41, 5.74) is 0. The second-order valence-electron chi connectivity index (χ2n) is 3.96. The Balaban J connectivity index is -0.0000000804. The molecule has 0 spiro atoms. The van der Waals surface area contributed by atoms with E-state index in [2.05, 4.69) is 0 Å². The van der Waals surface area contributed by atoms with Crippen molar-refractivity contribution in [2.24, 2.45) is 0 Å². The average Bonchev–Trinajstić information content (AvgIpc) is 3.09. The van der Waals surface area contributed by atoms with E-state index < -0.39 is 0 Å². The first-order valence-electron chi connectivity index (χ1n) is 6.23. The molecule has 0 aromatic heterocycles. The van der Waals surface area contributed by atoms with Crippen molar-refractivity contribution >= 4 is 0 Å². The fraction of sp³-hybridized carbons (Fsp3) is 1.00. The molecule has 0 unspecified atom stereocenters. The van der Waals surface area contributed by atoms with Crippen molar-refractivity contribution in [3.8, 4) is 0 Å². The van der Waals surface area contributed by atoms with E-state index in [1.54, 1.807) is 0 Å². The van der Waals surface area contributed by atoms with Gasteiger partial charge in [-0.1, -0.05) is 0 Å². The van der Waals surface area contributed by atoms with Gasteiger partial charge in [-0.15, -0.1) is 0 Å². The van der Waals surface area contributed by atoms with E-state index in [9.17, 15) is 0 Å². The van der Waals surface area contributed by atoms with Crippen LogP contribution in [0.2, 0.25) is 0 Å². The first kappa shape index (κ1) is 28.4. The molecule has 0 bridgehead atoms. The molecule has 3 heterocycles. The van der Waals surface area contributed by atoms with Crippen LogP contribution in [0.25, 0.3) is 0 Å². The number of halogens is 3. The first-order valence-corrected chi connectivity index (χ1v) is 6.23. The number of hydrogen-bond donors (Lipinski definition) is 0. The summed E-state index contributed by atoms with van der Waals surface area (Å²) >= 11 is 0. The molecule has 3 saturated heterocycles. The predicted octanol–water partition coefficient (Wildman–Crippen LogP) is -6.60. The van der Waals surface area contributed by atoms with Gasteiger partial charge in [-0.3, -0.25) is 0 Å². The van der Waals surface area contributed by atoms with Crippen LogP contribution in [0, 0.1) is 0 Å². The van der Waals surface area contributed by atoms with E-state index in [1.807, 2.05) is 0 Å². The summed E-state index contributed by atoms with van der Waals surface area (Å²) in [5.74, 6) is 0. The van der Waals surface area contributed by atoms with Gasteiger partial charge in [0.1, 0.15) is 0 Å². The number of rotatable bonds is 0. The van der Waals surface area contributed by atoms with Crippen LogP contribution in [-0.2, 0) is 31.6 Å². The van der Waals surface area contributed by atoms with Gasteiger partial charge in [0.05, 0.1) is 0 Å². The molecule has 0 N–H and O–H groups in total. The van der Waals surface area contributed by atoms with Crippen molar-refractivity contribution < 1.29 is 68.8 Å². The van der Waals surface area contributed by atoms with Gasteiger partial charge >= 0.3 is 17.4 Å². The van der Waals surface area contributed by atoms with Crippen molar-refractivity contribution in [3.05, 3.63) is 0 Å². The zero-order chi connectivity index (χ0) is 10.6. The van der Waals surface area contributed by atoms with E-state index in [0.717, 1.165) is 39.6 Å². The smallest absolute Gasteiger partial charge is 1.00 e. The van der Waals surface area contributed by atoms with Crippen molar-refractivity contribution in [3.63, 3.8) is 0 Å². The summed E-state index contributed by atoms with van der Waals surface area (Å²) < 4.78 is 14.8. The molecule has 0 amide bonds. The van der Waals surface area contributed by atoms with Crippen LogP contribution in [0.5, 0.6) is 0 Å². The fourth-order valence-corrected chi connectivity index (χ4v) is 1.53. The average molecular weight is 375 g/mol. The van der Waals surface area contributed by atoms with E-state index in [1.165, 1.54) is 38.5 Å². The molecule has 7 heteroatoms. The van der Waals surface area contributed by atoms with E-state index in [-0.39, 0.29) is 54.6 Å². The van der Waals surface area contributed by atoms with E-state index >= 15 is 0 Å². The van der Waals surface area contributed by atoms with Crippen molar-refractivity contribution in [1.29, 1.82) is 0 Å². The Hall–Kier alpha value is 1.28. The summed E-state index contributed by atoms with van der Waals surface area (Å²) in [4.78, 5) is 0. The number of ether oxygens (including phenoxy) is 3. The fourth-order valence-electron chi connectivity index (χ4n) is 1.53. The molecule has 118 valence electrons. The maximum absolute atomic E-state index is 4.94. The van der Waals surface area contributed by atoms with Crippen LogP contribution >= 0.6 is 0 Å². The minimum absolute atomic E-state index is 0. The molecule has 0 aliphatic carbocycles. The SMILES string of the molecule is C1CCOC1.C1CCOC1.C1CCOC1.[Cl-].[Cl-].[Cl-].[Cr+2]. The molecule has 19 heavy (non-hydrogen) atoms. The standard InChI is InChI=1S/3C4H8O.3ClH.Cr/c3*1-2-4-5-3-1;;;;/h3*1-4H2;3*1H;/q;;;;;;+2/p-3. The van der Waals surface area contributed by atoms with Crippen molar-refractivity contribution in [1.82, 2.24) is 0 Å². The van der Waals surface area contributed by atoms with Gasteiger partial charge in [-0.05, 0) is 38.5 Å². The van der Waals surface area contributed by atoms with Gasteiger partial charge in [0.25, 0.3) is 0 Å². The summed E-state index contributed by atoms with van der Waals surface area (Å²) in [5, 5.41) is 0. The molecule has 0 radical (unpaired) electrons. The van der Waals surface area contributed by atoms with Crippen molar-refractivity contribution in [2.45, 2.75) is 38.5 Å². The van der Waals surface area contributed by atoms with E-state index in [4.69, 9.17) is 14.2 Å². The summed E-state index contributed by atoms with van der Waals surface area (Å²) in [6, 6.07) is 0. The molecule has 3 fully saturated rings. The topological polar surface area (TPSA) is 27.7 Å². The first-order chi connectivity index (χ1) is 7.50. The van der Waals surface area contributed by atoms with Crippen LogP contribution in [0.15, 0.2) is 0 Å². The quantitative estimate of drug-likeness (QED) is 0.422. The van der Waals surface area contributed by atoms with Gasteiger partial charge in [0.2, 0.25) is 0 Å². The minimum Gasteiger partial charge on any atom is -1.00 e. The van der Waals surface area contributed by atoms with E-state index in [0.29, 0.717) is 0 Å². The zero-order valence-corrected chi connectivity index (χ0v) is 14.8. The van der Waals surface area contributed by atoms with Crippen LogP contribution in [0.1, 0.15) is 38.5 Å². The Kier molecular flexibility index (Phi) is 36.4.